The molecule has 0 spiro atoms. The molecule has 24 heavy (non-hydrogen) atoms. The summed E-state index contributed by atoms with van der Waals surface area (Å²) >= 11 is 7.91. The monoisotopic (exact) mass is 360 g/mol. The lowest BCUT2D eigenvalue weighted by molar-refractivity contribution is -0.132. The second-order valence-corrected chi connectivity index (χ2v) is 7.27. The molecule has 7 heteroatoms. The maximum Gasteiger partial charge on any atom is 0.325 e. The molecule has 0 unspecified atom stereocenters. The van der Waals surface area contributed by atoms with Crippen molar-refractivity contribution in [2.24, 2.45) is 0 Å². The molecular weight excluding hydrogens is 348 g/mol. The highest BCUT2D eigenvalue weighted by Crippen LogP contribution is 2.37. The predicted octanol–water partition coefficient (Wildman–Crippen LogP) is 4.11. The van der Waals surface area contributed by atoms with Crippen LogP contribution in [0.4, 0.5) is 4.79 Å². The van der Waals surface area contributed by atoms with E-state index in [0.717, 1.165) is 15.0 Å². The van der Waals surface area contributed by atoms with Crippen molar-refractivity contribution in [2.45, 2.75) is 19.0 Å². The van der Waals surface area contributed by atoms with E-state index in [1.54, 1.807) is 19.1 Å². The van der Waals surface area contributed by atoms with Crippen LogP contribution in [0.3, 0.4) is 0 Å². The van der Waals surface area contributed by atoms with Gasteiger partial charge in [-0.1, -0.05) is 29.8 Å². The molecule has 3 heterocycles. The molecule has 3 amide bonds. The Balaban J connectivity index is 1.68. The zero-order valence-corrected chi connectivity index (χ0v) is 14.3. The van der Waals surface area contributed by atoms with Crippen LogP contribution in [0.2, 0.25) is 5.02 Å². The van der Waals surface area contributed by atoms with Gasteiger partial charge in [0.25, 0.3) is 5.91 Å². The Kier molecular flexibility index (Phi) is 3.40. The number of carbonyl (C=O) groups is 2. The largest absolute Gasteiger partial charge is 0.466 e. The number of fused-ring (bicyclic) bond motifs is 1. The van der Waals surface area contributed by atoms with Crippen LogP contribution in [-0.2, 0) is 16.9 Å². The van der Waals surface area contributed by atoms with E-state index in [-0.39, 0.29) is 12.5 Å². The van der Waals surface area contributed by atoms with Crippen molar-refractivity contribution in [2.75, 3.05) is 0 Å². The van der Waals surface area contributed by atoms with Crippen LogP contribution in [0.5, 0.6) is 0 Å². The minimum atomic E-state index is -1.19. The molecule has 2 aromatic heterocycles. The summed E-state index contributed by atoms with van der Waals surface area (Å²) in [4.78, 5) is 27.1. The van der Waals surface area contributed by atoms with Gasteiger partial charge in [0, 0.05) is 15.0 Å². The predicted molar refractivity (Wildman–Crippen MR) is 92.0 cm³/mol. The molecule has 0 saturated carbocycles. The number of urea groups is 1. The molecule has 5 nitrogen and oxygen atoms in total. The molecule has 0 radical (unpaired) electrons. The van der Waals surface area contributed by atoms with Gasteiger partial charge in [0.05, 0.1) is 17.8 Å². The smallest absolute Gasteiger partial charge is 0.325 e. The maximum atomic E-state index is 12.8. The lowest BCUT2D eigenvalue weighted by Crippen LogP contribution is -2.40. The first-order chi connectivity index (χ1) is 11.5. The van der Waals surface area contributed by atoms with Crippen molar-refractivity contribution in [1.29, 1.82) is 0 Å². The average molecular weight is 361 g/mol. The third kappa shape index (κ3) is 2.14. The lowest BCUT2D eigenvalue weighted by atomic mass is 9.99. The minimum Gasteiger partial charge on any atom is -0.466 e. The average Bonchev–Trinajstić information content (AvgIpc) is 3.25. The van der Waals surface area contributed by atoms with Gasteiger partial charge in [-0.2, -0.15) is 0 Å². The van der Waals surface area contributed by atoms with Gasteiger partial charge in [-0.3, -0.25) is 9.69 Å². The van der Waals surface area contributed by atoms with Gasteiger partial charge in [-0.15, -0.1) is 11.3 Å². The van der Waals surface area contributed by atoms with E-state index in [2.05, 4.69) is 5.32 Å². The Labute approximate surface area is 146 Å². The Bertz CT molecular complexity index is 950. The van der Waals surface area contributed by atoms with E-state index < -0.39 is 11.6 Å². The van der Waals surface area contributed by atoms with Crippen LogP contribution in [0.15, 0.2) is 47.1 Å². The first-order valence-electron chi connectivity index (χ1n) is 7.34. The van der Waals surface area contributed by atoms with E-state index in [1.807, 2.05) is 24.3 Å². The fraction of sp³-hybridized carbons (Fsp3) is 0.176. The van der Waals surface area contributed by atoms with E-state index >= 15 is 0 Å². The molecule has 0 bridgehead atoms. The SMILES string of the molecule is C[C@@]1(c2ccco2)NC(=O)N(Cc2sc3ccccc3c2Cl)C1=O. The van der Waals surface area contributed by atoms with Gasteiger partial charge in [-0.25, -0.2) is 4.79 Å². The van der Waals surface area contributed by atoms with Gasteiger partial charge >= 0.3 is 6.03 Å². The number of hydrogen-bond donors (Lipinski definition) is 1. The van der Waals surface area contributed by atoms with Crippen LogP contribution < -0.4 is 5.32 Å². The van der Waals surface area contributed by atoms with Gasteiger partial charge in [0.2, 0.25) is 0 Å². The van der Waals surface area contributed by atoms with Crippen LogP contribution >= 0.6 is 22.9 Å². The summed E-state index contributed by atoms with van der Waals surface area (Å²) in [5.41, 5.74) is -1.19. The number of imide groups is 1. The molecule has 1 atom stereocenters. The number of carbonyl (C=O) groups excluding carboxylic acids is 2. The Hall–Kier alpha value is -2.31. The maximum absolute atomic E-state index is 12.8. The normalized spacial score (nSPS) is 20.8. The topological polar surface area (TPSA) is 62.6 Å². The molecule has 1 fully saturated rings. The molecule has 1 N–H and O–H groups in total. The summed E-state index contributed by atoms with van der Waals surface area (Å²) < 4.78 is 6.35. The summed E-state index contributed by atoms with van der Waals surface area (Å²) in [7, 11) is 0. The minimum absolute atomic E-state index is 0.138. The number of amides is 3. The van der Waals surface area contributed by atoms with Crippen molar-refractivity contribution in [3.63, 3.8) is 0 Å². The number of rotatable bonds is 3. The first-order valence-corrected chi connectivity index (χ1v) is 8.54. The Morgan fingerprint density at radius 3 is 2.75 bits per heavy atom. The van der Waals surface area contributed by atoms with Crippen molar-refractivity contribution in [3.8, 4) is 0 Å². The molecule has 1 aromatic carbocycles. The van der Waals surface area contributed by atoms with Crippen LogP contribution in [0.1, 0.15) is 17.6 Å². The Morgan fingerprint density at radius 1 is 1.25 bits per heavy atom. The second-order valence-electron chi connectivity index (χ2n) is 5.76. The second kappa shape index (κ2) is 5.36. The number of nitrogens with one attached hydrogen (secondary N) is 1. The molecule has 1 aliphatic rings. The molecule has 1 saturated heterocycles. The van der Waals surface area contributed by atoms with Gasteiger partial charge in [0.1, 0.15) is 5.76 Å². The Morgan fingerprint density at radius 2 is 2.04 bits per heavy atom. The van der Waals surface area contributed by atoms with Crippen molar-refractivity contribution in [1.82, 2.24) is 10.2 Å². The number of furan rings is 1. The van der Waals surface area contributed by atoms with E-state index in [9.17, 15) is 9.59 Å². The van der Waals surface area contributed by atoms with Crippen LogP contribution in [-0.4, -0.2) is 16.8 Å². The lowest BCUT2D eigenvalue weighted by Gasteiger charge is -2.18. The molecule has 1 aliphatic heterocycles. The third-order valence-electron chi connectivity index (χ3n) is 4.19. The quantitative estimate of drug-likeness (QED) is 0.715. The molecule has 4 rings (SSSR count). The number of benzene rings is 1. The fourth-order valence-corrected chi connectivity index (χ4v) is 4.36. The summed E-state index contributed by atoms with van der Waals surface area (Å²) in [6.07, 6.45) is 1.48. The van der Waals surface area contributed by atoms with Crippen LogP contribution in [0.25, 0.3) is 10.1 Å². The van der Waals surface area contributed by atoms with E-state index in [4.69, 9.17) is 16.0 Å². The highest BCUT2D eigenvalue weighted by Gasteiger charge is 2.51. The third-order valence-corrected chi connectivity index (χ3v) is 5.89. The van der Waals surface area contributed by atoms with Gasteiger partial charge in [0.15, 0.2) is 5.54 Å². The highest BCUT2D eigenvalue weighted by atomic mass is 35.5. The summed E-state index contributed by atoms with van der Waals surface area (Å²) in [5, 5.41) is 4.23. The fourth-order valence-electron chi connectivity index (χ4n) is 2.88. The molecule has 0 aliphatic carbocycles. The van der Waals surface area contributed by atoms with Gasteiger partial charge < -0.3 is 9.73 Å². The highest BCUT2D eigenvalue weighted by molar-refractivity contribution is 7.19. The number of hydrogen-bond acceptors (Lipinski definition) is 4. The van der Waals surface area contributed by atoms with E-state index in [1.165, 1.54) is 22.5 Å². The summed E-state index contributed by atoms with van der Waals surface area (Å²) in [5.74, 6) is 0.0572. The standard InChI is InChI=1S/C17H13ClN2O3S/c1-17(13-7-4-8-23-13)15(21)20(16(22)19-17)9-12-14(18)10-5-2-3-6-11(10)24-12/h2-8H,9H2,1H3,(H,19,22)/t17-/m0/s1. The zero-order chi connectivity index (χ0) is 16.9. The number of halogens is 1. The van der Waals surface area contributed by atoms with Crippen molar-refractivity contribution in [3.05, 3.63) is 58.3 Å². The van der Waals surface area contributed by atoms with E-state index in [0.29, 0.717) is 10.8 Å². The summed E-state index contributed by atoms with van der Waals surface area (Å²) in [6.45, 7) is 1.78. The van der Waals surface area contributed by atoms with Crippen LogP contribution in [0, 0.1) is 0 Å². The molecular formula is C17H13ClN2O3S. The van der Waals surface area contributed by atoms with Crippen molar-refractivity contribution < 1.29 is 14.0 Å². The zero-order valence-electron chi connectivity index (χ0n) is 12.7. The van der Waals surface area contributed by atoms with Gasteiger partial charge in [-0.05, 0) is 25.1 Å². The number of thiophene rings is 1. The molecule has 122 valence electrons. The summed E-state index contributed by atoms with van der Waals surface area (Å²) in [6, 6.07) is 10.6. The number of nitrogens with zero attached hydrogens (tertiary/aromatic N) is 1. The molecule has 3 aromatic rings. The van der Waals surface area contributed by atoms with Crippen molar-refractivity contribution >= 4 is 45.0 Å². The first kappa shape index (κ1) is 15.2.